The van der Waals surface area contributed by atoms with Gasteiger partial charge in [0.1, 0.15) is 6.04 Å². The number of hydrogen-bond donors (Lipinski definition) is 3. The van der Waals surface area contributed by atoms with E-state index < -0.39 is 35.6 Å². The molecule has 2 saturated carbocycles. The number of hydrogen-bond acceptors (Lipinski definition) is 6. The maximum absolute atomic E-state index is 13.9. The van der Waals surface area contributed by atoms with Gasteiger partial charge in [0.25, 0.3) is 11.8 Å². The van der Waals surface area contributed by atoms with Crippen LogP contribution in [0, 0.1) is 11.3 Å². The Labute approximate surface area is 238 Å². The lowest BCUT2D eigenvalue weighted by Crippen LogP contribution is -2.58. The summed E-state index contributed by atoms with van der Waals surface area (Å²) in [4.78, 5) is 67.4. The largest absolute Gasteiger partial charge is 0.356 e. The summed E-state index contributed by atoms with van der Waals surface area (Å²) < 4.78 is 1.66. The van der Waals surface area contributed by atoms with E-state index in [2.05, 4.69) is 21.0 Å². The van der Waals surface area contributed by atoms with E-state index in [1.807, 2.05) is 30.3 Å². The molecule has 3 N–H and O–H groups in total. The Morgan fingerprint density at radius 1 is 1.10 bits per heavy atom. The van der Waals surface area contributed by atoms with E-state index in [0.29, 0.717) is 25.9 Å². The maximum Gasteiger partial charge on any atom is 0.289 e. The number of amides is 4. The van der Waals surface area contributed by atoms with Crippen LogP contribution in [0.15, 0.2) is 36.4 Å². The van der Waals surface area contributed by atoms with Crippen molar-refractivity contribution in [2.45, 2.75) is 69.5 Å². The SMILES string of the molecule is Cn1nc(C(=O)N2CCC3(CC3)CC2C(=O)NC(C[C@@H]2CCNC2=O)C(=O)C(=O)NC2CC2)cc1-c1ccccc1. The van der Waals surface area contributed by atoms with Gasteiger partial charge in [-0.25, -0.2) is 0 Å². The number of ketones is 1. The molecule has 2 saturated heterocycles. The molecule has 4 fully saturated rings. The molecular formula is C30H36N6O5. The average molecular weight is 561 g/mol. The van der Waals surface area contributed by atoms with Crippen molar-refractivity contribution in [2.24, 2.45) is 18.4 Å². The highest BCUT2D eigenvalue weighted by molar-refractivity contribution is 6.38. The third-order valence-corrected chi connectivity index (χ3v) is 9.03. The van der Waals surface area contributed by atoms with Crippen LogP contribution in [0.3, 0.4) is 0 Å². The van der Waals surface area contributed by atoms with Crippen LogP contribution in [0.5, 0.6) is 0 Å². The Kier molecular flexibility index (Phi) is 7.13. The van der Waals surface area contributed by atoms with Crippen molar-refractivity contribution in [3.63, 3.8) is 0 Å². The zero-order valence-corrected chi connectivity index (χ0v) is 23.2. The van der Waals surface area contributed by atoms with E-state index in [1.54, 1.807) is 22.7 Å². The van der Waals surface area contributed by atoms with Gasteiger partial charge in [0, 0.05) is 32.1 Å². The highest BCUT2D eigenvalue weighted by Gasteiger charge is 2.51. The summed E-state index contributed by atoms with van der Waals surface area (Å²) in [7, 11) is 1.78. The number of piperidine rings is 1. The van der Waals surface area contributed by atoms with Gasteiger partial charge >= 0.3 is 0 Å². The summed E-state index contributed by atoms with van der Waals surface area (Å²) in [5, 5.41) is 12.7. The molecule has 2 aliphatic heterocycles. The lowest BCUT2D eigenvalue weighted by atomic mass is 9.86. The molecule has 0 bridgehead atoms. The van der Waals surface area contributed by atoms with Crippen LogP contribution >= 0.6 is 0 Å². The smallest absolute Gasteiger partial charge is 0.289 e. The van der Waals surface area contributed by atoms with Crippen molar-refractivity contribution in [3.8, 4) is 11.3 Å². The minimum Gasteiger partial charge on any atom is -0.356 e. The Morgan fingerprint density at radius 2 is 1.85 bits per heavy atom. The summed E-state index contributed by atoms with van der Waals surface area (Å²) in [6.07, 6.45) is 5.50. The molecule has 1 spiro atoms. The molecular weight excluding hydrogens is 524 g/mol. The third-order valence-electron chi connectivity index (χ3n) is 9.03. The van der Waals surface area contributed by atoms with E-state index in [1.165, 1.54) is 0 Å². The first-order valence-corrected chi connectivity index (χ1v) is 14.6. The summed E-state index contributed by atoms with van der Waals surface area (Å²) in [6.45, 7) is 0.898. The van der Waals surface area contributed by atoms with E-state index in [0.717, 1.165) is 43.4 Å². The van der Waals surface area contributed by atoms with Crippen molar-refractivity contribution in [2.75, 3.05) is 13.1 Å². The van der Waals surface area contributed by atoms with Crippen molar-refractivity contribution in [3.05, 3.63) is 42.1 Å². The molecule has 41 heavy (non-hydrogen) atoms. The van der Waals surface area contributed by atoms with E-state index >= 15 is 0 Å². The topological polar surface area (TPSA) is 142 Å². The number of nitrogens with zero attached hydrogens (tertiary/aromatic N) is 3. The quantitative estimate of drug-likeness (QED) is 0.395. The van der Waals surface area contributed by atoms with Crippen LogP contribution < -0.4 is 16.0 Å². The molecule has 1 aromatic carbocycles. The van der Waals surface area contributed by atoms with Gasteiger partial charge in [0.2, 0.25) is 17.6 Å². The van der Waals surface area contributed by atoms with Gasteiger partial charge in [-0.05, 0) is 68.4 Å². The maximum atomic E-state index is 13.9. The highest BCUT2D eigenvalue weighted by atomic mass is 16.2. The second-order valence-corrected chi connectivity index (χ2v) is 12.1. The lowest BCUT2D eigenvalue weighted by Gasteiger charge is -2.39. The molecule has 3 atom stereocenters. The second kappa shape index (κ2) is 10.8. The number of Topliss-reactive ketones (excluding diaryl/α,β-unsaturated/α-hetero) is 1. The fraction of sp³-hybridized carbons (Fsp3) is 0.533. The molecule has 2 aliphatic carbocycles. The second-order valence-electron chi connectivity index (χ2n) is 12.1. The Morgan fingerprint density at radius 3 is 2.51 bits per heavy atom. The van der Waals surface area contributed by atoms with Crippen LogP contribution in [-0.4, -0.2) is 75.3 Å². The van der Waals surface area contributed by atoms with Crippen LogP contribution in [0.2, 0.25) is 0 Å². The van der Waals surface area contributed by atoms with Gasteiger partial charge in [0.15, 0.2) is 5.69 Å². The standard InChI is InChI=1S/C30H36N6O5/c1-35-23(18-5-3-2-4-6-18)16-22(34-35)29(41)36-14-12-30(10-11-30)17-24(36)27(39)33-21(15-19-9-13-31-26(19)38)25(37)28(40)32-20-7-8-20/h2-6,16,19-21,24H,7-15,17H2,1H3,(H,31,38)(H,32,40)(H,33,39)/t19-,21?,24?/m0/s1. The molecule has 2 unspecified atom stereocenters. The molecule has 3 heterocycles. The predicted molar refractivity (Wildman–Crippen MR) is 148 cm³/mol. The molecule has 0 radical (unpaired) electrons. The Bertz CT molecular complexity index is 1380. The molecule has 4 amide bonds. The number of benzene rings is 1. The molecule has 4 aliphatic rings. The number of aromatic nitrogens is 2. The average Bonchev–Trinajstić information content (AvgIpc) is 3.87. The number of carbonyl (C=O) groups is 5. The zero-order chi connectivity index (χ0) is 28.7. The number of nitrogens with one attached hydrogen (secondary N) is 3. The van der Waals surface area contributed by atoms with Gasteiger partial charge in [0.05, 0.1) is 11.7 Å². The third kappa shape index (κ3) is 5.75. The van der Waals surface area contributed by atoms with Crippen molar-refractivity contribution in [1.29, 1.82) is 0 Å². The minimum absolute atomic E-state index is 0.0158. The first-order valence-electron chi connectivity index (χ1n) is 14.6. The van der Waals surface area contributed by atoms with Gasteiger partial charge in [-0.15, -0.1) is 0 Å². The normalized spacial score (nSPS) is 23.5. The van der Waals surface area contributed by atoms with Crippen molar-refractivity contribution >= 4 is 29.4 Å². The fourth-order valence-corrected chi connectivity index (χ4v) is 6.14. The molecule has 216 valence electrons. The predicted octanol–water partition coefficient (Wildman–Crippen LogP) is 1.33. The minimum atomic E-state index is -1.15. The summed E-state index contributed by atoms with van der Waals surface area (Å²) >= 11 is 0. The summed E-state index contributed by atoms with van der Waals surface area (Å²) in [5.74, 6) is -2.97. The van der Waals surface area contributed by atoms with Crippen LogP contribution in [0.4, 0.5) is 0 Å². The molecule has 2 aromatic rings. The van der Waals surface area contributed by atoms with Crippen LogP contribution in [0.25, 0.3) is 11.3 Å². The Hall–Kier alpha value is -4.02. The molecule has 1 aromatic heterocycles. The van der Waals surface area contributed by atoms with E-state index in [4.69, 9.17) is 0 Å². The zero-order valence-electron chi connectivity index (χ0n) is 23.2. The molecule has 11 nitrogen and oxygen atoms in total. The van der Waals surface area contributed by atoms with Gasteiger partial charge in [-0.1, -0.05) is 30.3 Å². The number of rotatable bonds is 9. The van der Waals surface area contributed by atoms with Crippen LogP contribution in [-0.2, 0) is 26.2 Å². The summed E-state index contributed by atoms with van der Waals surface area (Å²) in [6, 6.07) is 9.41. The van der Waals surface area contributed by atoms with E-state index in [9.17, 15) is 24.0 Å². The van der Waals surface area contributed by atoms with Crippen molar-refractivity contribution in [1.82, 2.24) is 30.6 Å². The number of carbonyl (C=O) groups excluding carboxylic acids is 5. The highest BCUT2D eigenvalue weighted by Crippen LogP contribution is 2.55. The van der Waals surface area contributed by atoms with Gasteiger partial charge < -0.3 is 20.9 Å². The molecule has 11 heteroatoms. The van der Waals surface area contributed by atoms with Gasteiger partial charge in [-0.3, -0.25) is 28.7 Å². The van der Waals surface area contributed by atoms with Crippen molar-refractivity contribution < 1.29 is 24.0 Å². The molecule has 6 rings (SSSR count). The summed E-state index contributed by atoms with van der Waals surface area (Å²) in [5.41, 5.74) is 1.97. The fourth-order valence-electron chi connectivity index (χ4n) is 6.14. The number of likely N-dealkylation sites (tertiary alicyclic amines) is 1. The number of aryl methyl sites for hydroxylation is 1. The first kappa shape index (κ1) is 27.2. The monoisotopic (exact) mass is 560 g/mol. The van der Waals surface area contributed by atoms with Gasteiger partial charge in [-0.2, -0.15) is 5.10 Å². The first-order chi connectivity index (χ1) is 19.7. The van der Waals surface area contributed by atoms with Crippen LogP contribution in [0.1, 0.15) is 61.9 Å². The lowest BCUT2D eigenvalue weighted by molar-refractivity contribution is -0.141. The Balaban J connectivity index is 1.23. The van der Waals surface area contributed by atoms with E-state index in [-0.39, 0.29) is 35.4 Å².